The summed E-state index contributed by atoms with van der Waals surface area (Å²) in [6.45, 7) is 1.68. The normalized spacial score (nSPS) is 19.4. The van der Waals surface area contributed by atoms with E-state index >= 15 is 0 Å². The molecule has 0 bridgehead atoms. The standard InChI is InChI=1S/C23H23ClN2O/c24-18-5-3-4-17(14-18)23(10-11-23)22(27)26-12-8-16(9-13-26)20-15-25-21-7-2-1-6-19(20)21/h1-7,14-16,25H,8-13H2. The van der Waals surface area contributed by atoms with E-state index in [1.807, 2.05) is 18.2 Å². The molecule has 0 spiro atoms. The molecule has 1 aromatic heterocycles. The van der Waals surface area contributed by atoms with Gasteiger partial charge in [0.2, 0.25) is 5.91 Å². The summed E-state index contributed by atoms with van der Waals surface area (Å²) in [6.07, 6.45) is 6.09. The van der Waals surface area contributed by atoms with Crippen LogP contribution in [0.5, 0.6) is 0 Å². The monoisotopic (exact) mass is 378 g/mol. The molecule has 0 atom stereocenters. The molecule has 2 aromatic carbocycles. The maximum Gasteiger partial charge on any atom is 0.233 e. The molecule has 1 saturated carbocycles. The third-order valence-corrected chi connectivity index (χ3v) is 6.61. The Hall–Kier alpha value is -2.26. The van der Waals surface area contributed by atoms with Crippen LogP contribution in [0.2, 0.25) is 5.02 Å². The minimum atomic E-state index is -0.321. The second-order valence-corrected chi connectivity index (χ2v) is 8.38. The number of fused-ring (bicyclic) bond motifs is 1. The van der Waals surface area contributed by atoms with Gasteiger partial charge in [0.05, 0.1) is 5.41 Å². The van der Waals surface area contributed by atoms with Crippen LogP contribution in [0.1, 0.15) is 42.7 Å². The van der Waals surface area contributed by atoms with Crippen LogP contribution in [0, 0.1) is 0 Å². The van der Waals surface area contributed by atoms with Gasteiger partial charge in [0.15, 0.2) is 0 Å². The van der Waals surface area contributed by atoms with Crippen molar-refractivity contribution in [2.24, 2.45) is 0 Å². The predicted molar refractivity (Wildman–Crippen MR) is 109 cm³/mol. The molecule has 1 saturated heterocycles. The Morgan fingerprint density at radius 2 is 1.85 bits per heavy atom. The van der Waals surface area contributed by atoms with Gasteiger partial charge >= 0.3 is 0 Å². The van der Waals surface area contributed by atoms with Crippen LogP contribution in [0.15, 0.2) is 54.7 Å². The molecule has 2 aliphatic rings. The number of nitrogens with one attached hydrogen (secondary N) is 1. The number of rotatable bonds is 3. The first kappa shape index (κ1) is 16.9. The quantitative estimate of drug-likeness (QED) is 0.663. The number of likely N-dealkylation sites (tertiary alicyclic amines) is 1. The van der Waals surface area contributed by atoms with Crippen molar-refractivity contribution in [1.82, 2.24) is 9.88 Å². The highest BCUT2D eigenvalue weighted by Gasteiger charge is 2.53. The number of halogens is 1. The zero-order chi connectivity index (χ0) is 18.4. The molecule has 2 fully saturated rings. The first-order valence-corrected chi connectivity index (χ1v) is 10.2. The molecule has 2 heterocycles. The van der Waals surface area contributed by atoms with Crippen LogP contribution in [0.25, 0.3) is 10.9 Å². The Morgan fingerprint density at radius 1 is 1.07 bits per heavy atom. The fraction of sp³-hybridized carbons (Fsp3) is 0.348. The van der Waals surface area contributed by atoms with Crippen LogP contribution in [-0.4, -0.2) is 28.9 Å². The number of carbonyl (C=O) groups is 1. The highest BCUT2D eigenvalue weighted by atomic mass is 35.5. The molecule has 1 N–H and O–H groups in total. The topological polar surface area (TPSA) is 36.1 Å². The summed E-state index contributed by atoms with van der Waals surface area (Å²) in [5.74, 6) is 0.814. The third-order valence-electron chi connectivity index (χ3n) is 6.38. The summed E-state index contributed by atoms with van der Waals surface area (Å²) in [5, 5.41) is 2.03. The van der Waals surface area contributed by atoms with Gasteiger partial charge in [0.1, 0.15) is 0 Å². The molecule has 3 aromatic rings. The maximum atomic E-state index is 13.3. The van der Waals surface area contributed by atoms with Gasteiger partial charge in [-0.05, 0) is 60.9 Å². The minimum Gasteiger partial charge on any atom is -0.361 e. The lowest BCUT2D eigenvalue weighted by atomic mass is 9.87. The average Bonchev–Trinajstić information content (AvgIpc) is 3.41. The van der Waals surface area contributed by atoms with Crippen molar-refractivity contribution in [2.75, 3.05) is 13.1 Å². The fourth-order valence-corrected chi connectivity index (χ4v) is 4.86. The van der Waals surface area contributed by atoms with E-state index in [2.05, 4.69) is 46.4 Å². The molecule has 0 unspecified atom stereocenters. The van der Waals surface area contributed by atoms with Crippen molar-refractivity contribution >= 4 is 28.4 Å². The van der Waals surface area contributed by atoms with E-state index in [0.717, 1.165) is 44.3 Å². The smallest absolute Gasteiger partial charge is 0.233 e. The molecular formula is C23H23ClN2O. The van der Waals surface area contributed by atoms with Crippen molar-refractivity contribution in [3.63, 3.8) is 0 Å². The number of carbonyl (C=O) groups excluding carboxylic acids is 1. The number of H-pyrrole nitrogens is 1. The number of nitrogens with zero attached hydrogens (tertiary/aromatic N) is 1. The fourth-order valence-electron chi connectivity index (χ4n) is 4.67. The highest BCUT2D eigenvalue weighted by molar-refractivity contribution is 6.30. The van der Waals surface area contributed by atoms with Crippen molar-refractivity contribution in [3.05, 3.63) is 70.9 Å². The SMILES string of the molecule is O=C(N1CCC(c2c[nH]c3ccccc23)CC1)C1(c2cccc(Cl)c2)CC1. The molecule has 0 radical (unpaired) electrons. The zero-order valence-corrected chi connectivity index (χ0v) is 16.0. The largest absolute Gasteiger partial charge is 0.361 e. The van der Waals surface area contributed by atoms with Crippen molar-refractivity contribution in [3.8, 4) is 0 Å². The summed E-state index contributed by atoms with van der Waals surface area (Å²) in [6, 6.07) is 16.3. The highest BCUT2D eigenvalue weighted by Crippen LogP contribution is 2.50. The second-order valence-electron chi connectivity index (χ2n) is 7.95. The molecule has 4 heteroatoms. The Kier molecular flexibility index (Phi) is 4.01. The van der Waals surface area contributed by atoms with Crippen LogP contribution in [0.4, 0.5) is 0 Å². The number of aromatic amines is 1. The van der Waals surface area contributed by atoms with Crippen molar-refractivity contribution in [1.29, 1.82) is 0 Å². The molecule has 1 aliphatic heterocycles. The molecule has 27 heavy (non-hydrogen) atoms. The maximum absolute atomic E-state index is 13.3. The number of benzene rings is 2. The van der Waals surface area contributed by atoms with Crippen molar-refractivity contribution in [2.45, 2.75) is 37.0 Å². The number of amides is 1. The van der Waals surface area contributed by atoms with E-state index in [4.69, 9.17) is 11.6 Å². The van der Waals surface area contributed by atoms with Gasteiger partial charge in [-0.15, -0.1) is 0 Å². The lowest BCUT2D eigenvalue weighted by Crippen LogP contribution is -2.43. The number of hydrogen-bond acceptors (Lipinski definition) is 1. The van der Waals surface area contributed by atoms with Crippen LogP contribution < -0.4 is 0 Å². The summed E-state index contributed by atoms with van der Waals surface area (Å²) >= 11 is 6.17. The molecule has 3 nitrogen and oxygen atoms in total. The summed E-state index contributed by atoms with van der Waals surface area (Å²) in [5.41, 5.74) is 3.36. The molecule has 1 aliphatic carbocycles. The van der Waals surface area contributed by atoms with Gasteiger partial charge in [-0.1, -0.05) is 41.9 Å². The van der Waals surface area contributed by atoms with Gasteiger partial charge < -0.3 is 9.88 Å². The van der Waals surface area contributed by atoms with E-state index in [1.165, 1.54) is 16.5 Å². The van der Waals surface area contributed by atoms with Crippen LogP contribution in [0.3, 0.4) is 0 Å². The lowest BCUT2D eigenvalue weighted by molar-refractivity contribution is -0.135. The van der Waals surface area contributed by atoms with E-state index in [0.29, 0.717) is 16.8 Å². The van der Waals surface area contributed by atoms with Gasteiger partial charge in [-0.25, -0.2) is 0 Å². The van der Waals surface area contributed by atoms with Crippen LogP contribution >= 0.6 is 11.6 Å². The molecule has 5 rings (SSSR count). The van der Waals surface area contributed by atoms with E-state index in [9.17, 15) is 4.79 Å². The van der Waals surface area contributed by atoms with Gasteiger partial charge in [-0.2, -0.15) is 0 Å². The lowest BCUT2D eigenvalue weighted by Gasteiger charge is -2.34. The number of hydrogen-bond donors (Lipinski definition) is 1. The minimum absolute atomic E-state index is 0.294. The second kappa shape index (κ2) is 6.42. The van der Waals surface area contributed by atoms with Crippen molar-refractivity contribution < 1.29 is 4.79 Å². The molecule has 138 valence electrons. The van der Waals surface area contributed by atoms with E-state index < -0.39 is 0 Å². The predicted octanol–water partition coefficient (Wildman–Crippen LogP) is 5.26. The summed E-state index contributed by atoms with van der Waals surface area (Å²) in [7, 11) is 0. The van der Waals surface area contributed by atoms with Gasteiger partial charge in [0.25, 0.3) is 0 Å². The Bertz CT molecular complexity index is 996. The number of para-hydroxylation sites is 1. The van der Waals surface area contributed by atoms with Gasteiger partial charge in [-0.3, -0.25) is 4.79 Å². The number of piperidine rings is 1. The first-order valence-electron chi connectivity index (χ1n) is 9.79. The summed E-state index contributed by atoms with van der Waals surface area (Å²) < 4.78 is 0. The number of aromatic nitrogens is 1. The van der Waals surface area contributed by atoms with E-state index in [-0.39, 0.29) is 5.41 Å². The van der Waals surface area contributed by atoms with Crippen LogP contribution in [-0.2, 0) is 10.2 Å². The Labute approximate surface area is 164 Å². The molecule has 1 amide bonds. The zero-order valence-electron chi connectivity index (χ0n) is 15.2. The Balaban J connectivity index is 1.31. The Morgan fingerprint density at radius 3 is 2.59 bits per heavy atom. The molecular weight excluding hydrogens is 356 g/mol. The van der Waals surface area contributed by atoms with Gasteiger partial charge in [0, 0.05) is 35.2 Å². The van der Waals surface area contributed by atoms with E-state index in [1.54, 1.807) is 0 Å². The first-order chi connectivity index (χ1) is 13.2. The average molecular weight is 379 g/mol. The summed E-state index contributed by atoms with van der Waals surface area (Å²) in [4.78, 5) is 18.7. The third kappa shape index (κ3) is 2.85.